The molecule has 0 aromatic heterocycles. The number of nitrogens with two attached hydrogens (primary N) is 1. The summed E-state index contributed by atoms with van der Waals surface area (Å²) in [5.41, 5.74) is 7.12. The lowest BCUT2D eigenvalue weighted by Gasteiger charge is -2.10. The summed E-state index contributed by atoms with van der Waals surface area (Å²) in [7, 11) is -3.73. The fourth-order valence-electron chi connectivity index (χ4n) is 1.69. The fraction of sp³-hybridized carbons (Fsp3) is 0.500. The first-order chi connectivity index (χ1) is 9.76. The summed E-state index contributed by atoms with van der Waals surface area (Å²) < 4.78 is 26.4. The van der Waals surface area contributed by atoms with Crippen LogP contribution in [0.2, 0.25) is 0 Å². The molecule has 1 aromatic rings. The molecule has 0 aliphatic rings. The van der Waals surface area contributed by atoms with Crippen LogP contribution in [-0.4, -0.2) is 27.4 Å². The molecule has 0 bridgehead atoms. The normalized spacial score (nSPS) is 11.6. The minimum absolute atomic E-state index is 0.0638. The standard InChI is InChI=1S/C14H23N3O3S/c1-4-11-5-6-12(7-13(11)15)21(19,20)17-9-14(18)16-8-10(2)3/h5-7,10,17H,4,8-9,15H2,1-3H3,(H,16,18). The van der Waals surface area contributed by atoms with Crippen molar-refractivity contribution in [2.45, 2.75) is 32.1 Å². The molecular formula is C14H23N3O3S. The van der Waals surface area contributed by atoms with Crippen molar-refractivity contribution in [3.05, 3.63) is 23.8 Å². The number of sulfonamides is 1. The second kappa shape index (κ2) is 7.42. The quantitative estimate of drug-likeness (QED) is 0.650. The van der Waals surface area contributed by atoms with Gasteiger partial charge in [-0.15, -0.1) is 0 Å². The largest absolute Gasteiger partial charge is 0.398 e. The fourth-order valence-corrected chi connectivity index (χ4v) is 2.70. The summed E-state index contributed by atoms with van der Waals surface area (Å²) in [6.07, 6.45) is 0.733. The Hall–Kier alpha value is -1.60. The van der Waals surface area contributed by atoms with Gasteiger partial charge in [0.1, 0.15) is 0 Å². The molecular weight excluding hydrogens is 290 g/mol. The van der Waals surface area contributed by atoms with Gasteiger partial charge >= 0.3 is 0 Å². The summed E-state index contributed by atoms with van der Waals surface area (Å²) in [6, 6.07) is 4.58. The zero-order chi connectivity index (χ0) is 16.0. The maximum Gasteiger partial charge on any atom is 0.241 e. The molecule has 0 saturated carbocycles. The third kappa shape index (κ3) is 5.35. The molecule has 1 amide bonds. The Morgan fingerprint density at radius 1 is 1.33 bits per heavy atom. The monoisotopic (exact) mass is 313 g/mol. The number of anilines is 1. The van der Waals surface area contributed by atoms with E-state index in [0.29, 0.717) is 18.2 Å². The first-order valence-corrected chi connectivity index (χ1v) is 8.39. The van der Waals surface area contributed by atoms with E-state index >= 15 is 0 Å². The van der Waals surface area contributed by atoms with Crippen molar-refractivity contribution in [2.24, 2.45) is 5.92 Å². The van der Waals surface area contributed by atoms with Crippen LogP contribution in [0, 0.1) is 5.92 Å². The van der Waals surface area contributed by atoms with Crippen LogP contribution >= 0.6 is 0 Å². The van der Waals surface area contributed by atoms with E-state index in [1.807, 2.05) is 20.8 Å². The van der Waals surface area contributed by atoms with Gasteiger partial charge in [0.05, 0.1) is 11.4 Å². The molecule has 118 valence electrons. The van der Waals surface area contributed by atoms with Crippen molar-refractivity contribution >= 4 is 21.6 Å². The number of nitrogens with one attached hydrogen (secondary N) is 2. The number of amides is 1. The summed E-state index contributed by atoms with van der Waals surface area (Å²) in [5, 5.41) is 2.65. The predicted octanol–water partition coefficient (Wildman–Crippen LogP) is 0.882. The van der Waals surface area contributed by atoms with E-state index in [-0.39, 0.29) is 17.3 Å². The van der Waals surface area contributed by atoms with Crippen LogP contribution in [0.25, 0.3) is 0 Å². The number of hydrogen-bond acceptors (Lipinski definition) is 4. The predicted molar refractivity (Wildman–Crippen MR) is 83.3 cm³/mol. The average molecular weight is 313 g/mol. The Labute approximate surface area is 126 Å². The van der Waals surface area contributed by atoms with Gasteiger partial charge in [-0.2, -0.15) is 0 Å². The third-order valence-electron chi connectivity index (χ3n) is 2.94. The van der Waals surface area contributed by atoms with Gasteiger partial charge in [0, 0.05) is 12.2 Å². The van der Waals surface area contributed by atoms with Crippen molar-refractivity contribution in [2.75, 3.05) is 18.8 Å². The van der Waals surface area contributed by atoms with E-state index < -0.39 is 10.0 Å². The molecule has 0 atom stereocenters. The SMILES string of the molecule is CCc1ccc(S(=O)(=O)NCC(=O)NCC(C)C)cc1N. The first-order valence-electron chi connectivity index (χ1n) is 6.91. The highest BCUT2D eigenvalue weighted by molar-refractivity contribution is 7.89. The molecule has 4 N–H and O–H groups in total. The number of benzene rings is 1. The molecule has 21 heavy (non-hydrogen) atoms. The van der Waals surface area contributed by atoms with Gasteiger partial charge in [0.15, 0.2) is 0 Å². The van der Waals surface area contributed by atoms with Crippen molar-refractivity contribution < 1.29 is 13.2 Å². The van der Waals surface area contributed by atoms with Gasteiger partial charge in [0.25, 0.3) is 0 Å². The van der Waals surface area contributed by atoms with Gasteiger partial charge < -0.3 is 11.1 Å². The first kappa shape index (κ1) is 17.5. The summed E-state index contributed by atoms with van der Waals surface area (Å²) >= 11 is 0. The molecule has 7 heteroatoms. The van der Waals surface area contributed by atoms with Crippen LogP contribution < -0.4 is 15.8 Å². The zero-order valence-electron chi connectivity index (χ0n) is 12.6. The lowest BCUT2D eigenvalue weighted by Crippen LogP contribution is -2.38. The Morgan fingerprint density at radius 3 is 2.52 bits per heavy atom. The van der Waals surface area contributed by atoms with Crippen LogP contribution in [0.1, 0.15) is 26.3 Å². The molecule has 1 aromatic carbocycles. The third-order valence-corrected chi connectivity index (χ3v) is 4.34. The Bertz CT molecular complexity index is 597. The number of carbonyl (C=O) groups is 1. The van der Waals surface area contributed by atoms with Crippen LogP contribution in [0.5, 0.6) is 0 Å². The molecule has 0 aliphatic carbocycles. The van der Waals surface area contributed by atoms with E-state index in [1.165, 1.54) is 12.1 Å². The maximum atomic E-state index is 12.1. The highest BCUT2D eigenvalue weighted by Crippen LogP contribution is 2.18. The molecule has 0 radical (unpaired) electrons. The highest BCUT2D eigenvalue weighted by Gasteiger charge is 2.16. The van der Waals surface area contributed by atoms with Crippen molar-refractivity contribution in [3.63, 3.8) is 0 Å². The summed E-state index contributed by atoms with van der Waals surface area (Å²) in [5.74, 6) is -0.0441. The summed E-state index contributed by atoms with van der Waals surface area (Å²) in [4.78, 5) is 11.6. The number of rotatable bonds is 7. The second-order valence-corrected chi connectivity index (χ2v) is 7.00. The van der Waals surface area contributed by atoms with E-state index in [0.717, 1.165) is 12.0 Å². The van der Waals surface area contributed by atoms with Crippen molar-refractivity contribution in [1.29, 1.82) is 0 Å². The van der Waals surface area contributed by atoms with E-state index in [4.69, 9.17) is 5.73 Å². The molecule has 0 unspecified atom stereocenters. The summed E-state index contributed by atoms with van der Waals surface area (Å²) in [6.45, 7) is 6.09. The molecule has 1 rings (SSSR count). The second-order valence-electron chi connectivity index (χ2n) is 5.24. The van der Waals surface area contributed by atoms with Gasteiger partial charge in [-0.05, 0) is 30.0 Å². The Kier molecular flexibility index (Phi) is 6.17. The molecule has 0 heterocycles. The number of nitrogen functional groups attached to an aromatic ring is 1. The van der Waals surface area contributed by atoms with Gasteiger partial charge in [-0.3, -0.25) is 4.79 Å². The minimum atomic E-state index is -3.73. The number of aryl methyl sites for hydroxylation is 1. The molecule has 6 nitrogen and oxygen atoms in total. The topological polar surface area (TPSA) is 101 Å². The van der Waals surface area contributed by atoms with Gasteiger partial charge in [-0.1, -0.05) is 26.8 Å². The van der Waals surface area contributed by atoms with Gasteiger partial charge in [0.2, 0.25) is 15.9 Å². The number of carbonyl (C=O) groups excluding carboxylic acids is 1. The van der Waals surface area contributed by atoms with Crippen molar-refractivity contribution in [1.82, 2.24) is 10.0 Å². The zero-order valence-corrected chi connectivity index (χ0v) is 13.5. The Morgan fingerprint density at radius 2 is 2.00 bits per heavy atom. The minimum Gasteiger partial charge on any atom is -0.398 e. The molecule has 0 fully saturated rings. The lowest BCUT2D eigenvalue weighted by atomic mass is 10.1. The average Bonchev–Trinajstić information content (AvgIpc) is 2.42. The maximum absolute atomic E-state index is 12.1. The molecule has 0 spiro atoms. The van der Waals surface area contributed by atoms with Crippen LogP contribution in [0.4, 0.5) is 5.69 Å². The van der Waals surface area contributed by atoms with Crippen LogP contribution in [0.15, 0.2) is 23.1 Å². The van der Waals surface area contributed by atoms with Crippen molar-refractivity contribution in [3.8, 4) is 0 Å². The smallest absolute Gasteiger partial charge is 0.241 e. The van der Waals surface area contributed by atoms with E-state index in [1.54, 1.807) is 6.07 Å². The van der Waals surface area contributed by atoms with E-state index in [2.05, 4.69) is 10.0 Å². The van der Waals surface area contributed by atoms with Crippen LogP contribution in [0.3, 0.4) is 0 Å². The van der Waals surface area contributed by atoms with Crippen LogP contribution in [-0.2, 0) is 21.2 Å². The van der Waals surface area contributed by atoms with Gasteiger partial charge in [-0.25, -0.2) is 13.1 Å². The molecule has 0 saturated heterocycles. The number of hydrogen-bond donors (Lipinski definition) is 3. The Balaban J connectivity index is 2.69. The lowest BCUT2D eigenvalue weighted by molar-refractivity contribution is -0.120. The highest BCUT2D eigenvalue weighted by atomic mass is 32.2. The molecule has 0 aliphatic heterocycles. The van der Waals surface area contributed by atoms with E-state index in [9.17, 15) is 13.2 Å².